The third-order valence-corrected chi connectivity index (χ3v) is 3.37. The van der Waals surface area contributed by atoms with E-state index in [0.29, 0.717) is 0 Å². The first kappa shape index (κ1) is 8.43. The normalized spacial score (nSPS) is 25.0. The molecule has 1 aliphatic rings. The molecule has 1 unspecified atom stereocenters. The van der Waals surface area contributed by atoms with Gasteiger partial charge in [0.25, 0.3) is 0 Å². The zero-order valence-electron chi connectivity index (χ0n) is 6.16. The quantitative estimate of drug-likeness (QED) is 0.642. The molecular weight excluding hydrogens is 166 g/mol. The van der Waals surface area contributed by atoms with E-state index in [0.717, 1.165) is 12.3 Å². The van der Waals surface area contributed by atoms with Crippen molar-refractivity contribution in [2.75, 3.05) is 19.4 Å². The van der Waals surface area contributed by atoms with Crippen molar-refractivity contribution in [2.45, 2.75) is 12.4 Å². The molecule has 0 aliphatic carbocycles. The molecule has 0 spiro atoms. The topological polar surface area (TPSA) is 21.6 Å². The fraction of sp³-hybridized carbons (Fsp3) is 0.833. The van der Waals surface area contributed by atoms with Crippen LogP contribution in [0.2, 0.25) is 0 Å². The average molecular weight is 177 g/mol. The predicted octanol–water partition coefficient (Wildman–Crippen LogP) is 1.81. The molecule has 10 heavy (non-hydrogen) atoms. The van der Waals surface area contributed by atoms with Crippen molar-refractivity contribution in [1.82, 2.24) is 0 Å². The van der Waals surface area contributed by atoms with Crippen molar-refractivity contribution in [3.05, 3.63) is 0 Å². The van der Waals surface area contributed by atoms with Crippen molar-refractivity contribution < 1.29 is 4.74 Å². The van der Waals surface area contributed by atoms with Crippen molar-refractivity contribution in [3.8, 4) is 0 Å². The minimum Gasteiger partial charge on any atom is -0.368 e. The van der Waals surface area contributed by atoms with E-state index in [1.807, 2.05) is 0 Å². The lowest BCUT2D eigenvalue weighted by Crippen LogP contribution is -2.04. The molecule has 0 aromatic rings. The molecule has 0 saturated heterocycles. The van der Waals surface area contributed by atoms with Gasteiger partial charge in [-0.15, -0.1) is 11.8 Å². The first-order chi connectivity index (χ1) is 4.86. The van der Waals surface area contributed by atoms with Crippen LogP contribution in [0, 0.1) is 0 Å². The molecule has 0 fully saturated rings. The van der Waals surface area contributed by atoms with Gasteiger partial charge >= 0.3 is 0 Å². The Balaban J connectivity index is 2.25. The number of nitrogens with zero attached hydrogens (tertiary/aromatic N) is 1. The van der Waals surface area contributed by atoms with Crippen LogP contribution < -0.4 is 0 Å². The highest BCUT2D eigenvalue weighted by Crippen LogP contribution is 2.27. The molecule has 0 aromatic heterocycles. The molecule has 0 radical (unpaired) electrons. The number of rotatable bonds is 2. The summed E-state index contributed by atoms with van der Waals surface area (Å²) < 4.78 is 6.30. The molecule has 4 heteroatoms. The lowest BCUT2D eigenvalue weighted by molar-refractivity contribution is 0.182. The van der Waals surface area contributed by atoms with Crippen LogP contribution in [0.15, 0.2) is 4.99 Å². The van der Waals surface area contributed by atoms with Crippen LogP contribution in [-0.2, 0) is 4.74 Å². The number of methoxy groups -OCH3 is 1. The molecule has 1 heterocycles. The van der Waals surface area contributed by atoms with Crippen molar-refractivity contribution in [3.63, 3.8) is 0 Å². The van der Waals surface area contributed by atoms with Gasteiger partial charge in [-0.3, -0.25) is 4.99 Å². The highest BCUT2D eigenvalue weighted by Gasteiger charge is 2.17. The Morgan fingerprint density at radius 1 is 1.90 bits per heavy atom. The summed E-state index contributed by atoms with van der Waals surface area (Å²) in [6.07, 6.45) is 0. The van der Waals surface area contributed by atoms with E-state index < -0.39 is 0 Å². The summed E-state index contributed by atoms with van der Waals surface area (Å²) in [5.74, 6) is 1.10. The highest BCUT2D eigenvalue weighted by molar-refractivity contribution is 8.39. The van der Waals surface area contributed by atoms with Crippen LogP contribution in [-0.4, -0.2) is 29.2 Å². The molecule has 2 nitrogen and oxygen atoms in total. The SMILES string of the molecule is CCSC1=NCC(OC)S1. The van der Waals surface area contributed by atoms with E-state index in [-0.39, 0.29) is 5.44 Å². The Labute approximate surface area is 69.8 Å². The van der Waals surface area contributed by atoms with E-state index in [1.165, 1.54) is 4.38 Å². The van der Waals surface area contributed by atoms with Gasteiger partial charge in [-0.1, -0.05) is 18.7 Å². The van der Waals surface area contributed by atoms with Crippen molar-refractivity contribution in [1.29, 1.82) is 0 Å². The Morgan fingerprint density at radius 2 is 2.70 bits per heavy atom. The Bertz CT molecular complexity index is 138. The minimum atomic E-state index is 0.272. The Morgan fingerprint density at radius 3 is 3.20 bits per heavy atom. The highest BCUT2D eigenvalue weighted by atomic mass is 32.2. The third kappa shape index (κ3) is 2.18. The first-order valence-electron chi connectivity index (χ1n) is 3.23. The maximum atomic E-state index is 5.12. The monoisotopic (exact) mass is 177 g/mol. The largest absolute Gasteiger partial charge is 0.368 e. The second kappa shape index (κ2) is 4.26. The summed E-state index contributed by atoms with van der Waals surface area (Å²) in [5, 5.41) is 0. The Hall–Kier alpha value is 0.330. The second-order valence-electron chi connectivity index (χ2n) is 1.82. The zero-order valence-corrected chi connectivity index (χ0v) is 7.80. The summed E-state index contributed by atoms with van der Waals surface area (Å²) in [4.78, 5) is 4.30. The van der Waals surface area contributed by atoms with E-state index in [9.17, 15) is 0 Å². The first-order valence-corrected chi connectivity index (χ1v) is 5.10. The van der Waals surface area contributed by atoms with Gasteiger partial charge in [-0.2, -0.15) is 0 Å². The lowest BCUT2D eigenvalue weighted by atomic mass is 10.7. The summed E-state index contributed by atoms with van der Waals surface area (Å²) in [7, 11) is 1.73. The van der Waals surface area contributed by atoms with Gasteiger partial charge in [0.2, 0.25) is 0 Å². The van der Waals surface area contributed by atoms with Crippen molar-refractivity contribution in [2.24, 2.45) is 4.99 Å². The summed E-state index contributed by atoms with van der Waals surface area (Å²) in [6, 6.07) is 0. The molecule has 0 saturated carbocycles. The van der Waals surface area contributed by atoms with E-state index >= 15 is 0 Å². The molecule has 0 amide bonds. The van der Waals surface area contributed by atoms with Gasteiger partial charge in [-0.25, -0.2) is 0 Å². The van der Waals surface area contributed by atoms with Crippen LogP contribution in [0.25, 0.3) is 0 Å². The van der Waals surface area contributed by atoms with E-state index in [2.05, 4.69) is 11.9 Å². The summed E-state index contributed by atoms with van der Waals surface area (Å²) in [5.41, 5.74) is 0.272. The van der Waals surface area contributed by atoms with Crippen LogP contribution in [0.5, 0.6) is 0 Å². The van der Waals surface area contributed by atoms with Crippen LogP contribution >= 0.6 is 23.5 Å². The minimum absolute atomic E-state index is 0.272. The molecule has 0 bridgehead atoms. The molecule has 1 aliphatic heterocycles. The third-order valence-electron chi connectivity index (χ3n) is 1.13. The number of hydrogen-bond acceptors (Lipinski definition) is 4. The van der Waals surface area contributed by atoms with Gasteiger partial charge in [0, 0.05) is 7.11 Å². The van der Waals surface area contributed by atoms with Gasteiger partial charge in [0.15, 0.2) is 0 Å². The molecule has 58 valence electrons. The fourth-order valence-corrected chi connectivity index (χ4v) is 2.64. The van der Waals surface area contributed by atoms with Gasteiger partial charge in [0.05, 0.1) is 6.54 Å². The molecule has 0 N–H and O–H groups in total. The molecule has 1 rings (SSSR count). The van der Waals surface area contributed by atoms with Crippen LogP contribution in [0.1, 0.15) is 6.92 Å². The lowest BCUT2D eigenvalue weighted by Gasteiger charge is -2.02. The number of aliphatic imine (C=N–C) groups is 1. The summed E-state index contributed by atoms with van der Waals surface area (Å²) in [6.45, 7) is 2.96. The Kier molecular flexibility index (Phi) is 3.59. The summed E-state index contributed by atoms with van der Waals surface area (Å²) >= 11 is 3.52. The maximum Gasteiger partial charge on any atom is 0.128 e. The van der Waals surface area contributed by atoms with Gasteiger partial charge < -0.3 is 4.74 Å². The smallest absolute Gasteiger partial charge is 0.128 e. The van der Waals surface area contributed by atoms with E-state index in [4.69, 9.17) is 4.74 Å². The van der Waals surface area contributed by atoms with Gasteiger partial charge in [-0.05, 0) is 5.75 Å². The number of hydrogen-bond donors (Lipinski definition) is 0. The zero-order chi connectivity index (χ0) is 7.40. The van der Waals surface area contributed by atoms with Crippen LogP contribution in [0.4, 0.5) is 0 Å². The molecular formula is C6H11NOS2. The standard InChI is InChI=1S/C6H11NOS2/c1-3-9-6-7-4-5(8-2)10-6/h5H,3-4H2,1-2H3. The maximum absolute atomic E-state index is 5.12. The van der Waals surface area contributed by atoms with Crippen LogP contribution in [0.3, 0.4) is 0 Å². The van der Waals surface area contributed by atoms with Gasteiger partial charge in [0.1, 0.15) is 9.81 Å². The molecule has 1 atom stereocenters. The second-order valence-corrected chi connectivity index (χ2v) is 4.48. The van der Waals surface area contributed by atoms with E-state index in [1.54, 1.807) is 30.6 Å². The average Bonchev–Trinajstić information content (AvgIpc) is 2.37. The number of thioether (sulfide) groups is 2. The molecule has 0 aromatic carbocycles. The predicted molar refractivity (Wildman–Crippen MR) is 48.8 cm³/mol. The fourth-order valence-electron chi connectivity index (χ4n) is 0.662. The number of ether oxygens (including phenoxy) is 1. The van der Waals surface area contributed by atoms with Crippen molar-refractivity contribution >= 4 is 27.9 Å².